The number of aryl methyl sites for hydroxylation is 1. The summed E-state index contributed by atoms with van der Waals surface area (Å²) in [4.78, 5) is 14.4. The van der Waals surface area contributed by atoms with Gasteiger partial charge < -0.3 is 10.2 Å². The number of benzene rings is 1. The molecule has 3 nitrogen and oxygen atoms in total. The molecule has 0 unspecified atom stereocenters. The van der Waals surface area contributed by atoms with Crippen LogP contribution in [-0.2, 0) is 11.2 Å². The third-order valence-corrected chi connectivity index (χ3v) is 4.02. The number of fused-ring (bicyclic) bond motifs is 1. The van der Waals surface area contributed by atoms with E-state index in [1.807, 2.05) is 11.8 Å². The van der Waals surface area contributed by atoms with Gasteiger partial charge in [-0.3, -0.25) is 4.79 Å². The Kier molecular flexibility index (Phi) is 3.38. The fourth-order valence-corrected chi connectivity index (χ4v) is 2.90. The summed E-state index contributed by atoms with van der Waals surface area (Å²) in [5.41, 5.74) is 3.83. The Morgan fingerprint density at radius 1 is 1.26 bits per heavy atom. The van der Waals surface area contributed by atoms with E-state index in [0.29, 0.717) is 0 Å². The Hall–Kier alpha value is -1.61. The van der Waals surface area contributed by atoms with Crippen molar-refractivity contribution in [3.05, 3.63) is 41.1 Å². The van der Waals surface area contributed by atoms with E-state index >= 15 is 0 Å². The van der Waals surface area contributed by atoms with Gasteiger partial charge in [-0.05, 0) is 49.9 Å². The van der Waals surface area contributed by atoms with Gasteiger partial charge in [-0.15, -0.1) is 0 Å². The second-order valence-electron chi connectivity index (χ2n) is 5.35. The van der Waals surface area contributed by atoms with Gasteiger partial charge in [0.2, 0.25) is 5.91 Å². The van der Waals surface area contributed by atoms with Crippen LogP contribution >= 0.6 is 0 Å². The zero-order chi connectivity index (χ0) is 13.2. The highest BCUT2D eigenvalue weighted by Crippen LogP contribution is 2.26. The van der Waals surface area contributed by atoms with Gasteiger partial charge in [0, 0.05) is 12.2 Å². The highest BCUT2D eigenvalue weighted by atomic mass is 16.2. The van der Waals surface area contributed by atoms with Gasteiger partial charge in [-0.1, -0.05) is 24.3 Å². The average molecular weight is 256 g/mol. The van der Waals surface area contributed by atoms with Crippen LogP contribution in [0.5, 0.6) is 0 Å². The van der Waals surface area contributed by atoms with E-state index in [2.05, 4.69) is 35.7 Å². The van der Waals surface area contributed by atoms with Crippen LogP contribution in [0.15, 0.2) is 30.0 Å². The maximum atomic E-state index is 12.4. The quantitative estimate of drug-likeness (QED) is 0.835. The van der Waals surface area contributed by atoms with E-state index in [1.165, 1.54) is 16.8 Å². The predicted molar refractivity (Wildman–Crippen MR) is 76.5 cm³/mol. The van der Waals surface area contributed by atoms with Crippen LogP contribution in [0.4, 0.5) is 0 Å². The molecule has 1 aromatic rings. The molecule has 100 valence electrons. The van der Waals surface area contributed by atoms with E-state index in [-0.39, 0.29) is 11.9 Å². The zero-order valence-corrected chi connectivity index (χ0v) is 11.4. The Morgan fingerprint density at radius 2 is 2.11 bits per heavy atom. The largest absolute Gasteiger partial charge is 0.315 e. The molecule has 1 heterocycles. The Morgan fingerprint density at radius 3 is 3.00 bits per heavy atom. The normalized spacial score (nSPS) is 23.6. The van der Waals surface area contributed by atoms with Gasteiger partial charge in [0.05, 0.1) is 6.04 Å². The lowest BCUT2D eigenvalue weighted by molar-refractivity contribution is -0.130. The van der Waals surface area contributed by atoms with Gasteiger partial charge in [0.15, 0.2) is 0 Å². The van der Waals surface area contributed by atoms with Crippen molar-refractivity contribution in [2.75, 3.05) is 13.1 Å². The molecule has 0 radical (unpaired) electrons. The summed E-state index contributed by atoms with van der Waals surface area (Å²) in [5.74, 6) is 0.211. The van der Waals surface area contributed by atoms with Crippen molar-refractivity contribution in [3.8, 4) is 0 Å². The standard InChI is InChI=1S/C16H20N2O/c1-12-16(19)18(10-4-9-17-12)15-8-7-13-5-2-3-6-14(13)11-15/h2-3,5-6,11-12,17H,4,7-10H2,1H3/t12-/m1/s1. The molecular weight excluding hydrogens is 236 g/mol. The van der Waals surface area contributed by atoms with Crippen molar-refractivity contribution in [3.63, 3.8) is 0 Å². The second-order valence-corrected chi connectivity index (χ2v) is 5.35. The van der Waals surface area contributed by atoms with Gasteiger partial charge in [0.25, 0.3) is 0 Å². The molecule has 2 aliphatic rings. The maximum Gasteiger partial charge on any atom is 0.243 e. The van der Waals surface area contributed by atoms with E-state index in [9.17, 15) is 4.79 Å². The molecule has 1 fully saturated rings. The molecule has 0 bridgehead atoms. The minimum Gasteiger partial charge on any atom is -0.315 e. The second kappa shape index (κ2) is 5.17. The van der Waals surface area contributed by atoms with Crippen LogP contribution in [0.2, 0.25) is 0 Å². The lowest BCUT2D eigenvalue weighted by atomic mass is 9.94. The predicted octanol–water partition coefficient (Wildman–Crippen LogP) is 2.18. The molecule has 1 atom stereocenters. The summed E-state index contributed by atoms with van der Waals surface area (Å²) >= 11 is 0. The van der Waals surface area contributed by atoms with Crippen molar-refractivity contribution in [1.29, 1.82) is 0 Å². The number of carbonyl (C=O) groups is 1. The summed E-state index contributed by atoms with van der Waals surface area (Å²) in [6, 6.07) is 8.39. The summed E-state index contributed by atoms with van der Waals surface area (Å²) in [6.07, 6.45) is 5.22. The molecule has 1 aliphatic heterocycles. The number of nitrogens with one attached hydrogen (secondary N) is 1. The lowest BCUT2D eigenvalue weighted by Gasteiger charge is -2.28. The number of rotatable bonds is 1. The molecule has 3 heteroatoms. The van der Waals surface area contributed by atoms with Crippen molar-refractivity contribution >= 4 is 12.0 Å². The van der Waals surface area contributed by atoms with Crippen LogP contribution < -0.4 is 5.32 Å². The van der Waals surface area contributed by atoms with Gasteiger partial charge in [-0.25, -0.2) is 0 Å². The summed E-state index contributed by atoms with van der Waals surface area (Å²) in [7, 11) is 0. The smallest absolute Gasteiger partial charge is 0.243 e. The van der Waals surface area contributed by atoms with Gasteiger partial charge >= 0.3 is 0 Å². The SMILES string of the molecule is C[C@H]1NCCCN(C2=Cc3ccccc3CC2)C1=O. The molecule has 1 N–H and O–H groups in total. The highest BCUT2D eigenvalue weighted by molar-refractivity contribution is 5.84. The molecule has 0 saturated carbocycles. The third-order valence-electron chi connectivity index (χ3n) is 4.02. The van der Waals surface area contributed by atoms with Gasteiger partial charge in [0.1, 0.15) is 0 Å². The Bertz CT molecular complexity index is 521. The van der Waals surface area contributed by atoms with Crippen molar-refractivity contribution in [2.45, 2.75) is 32.2 Å². The van der Waals surface area contributed by atoms with Crippen molar-refractivity contribution in [1.82, 2.24) is 10.2 Å². The average Bonchev–Trinajstić information content (AvgIpc) is 2.61. The molecule has 3 rings (SSSR count). The lowest BCUT2D eigenvalue weighted by Crippen LogP contribution is -2.41. The van der Waals surface area contributed by atoms with Crippen LogP contribution in [0.25, 0.3) is 6.08 Å². The fraction of sp³-hybridized carbons (Fsp3) is 0.438. The Labute approximate surface area is 114 Å². The number of allylic oxidation sites excluding steroid dienone is 1. The molecule has 1 aromatic carbocycles. The molecule has 0 aromatic heterocycles. The summed E-state index contributed by atoms with van der Waals surface area (Å²) < 4.78 is 0. The molecule has 1 saturated heterocycles. The van der Waals surface area contributed by atoms with Crippen LogP contribution in [0, 0.1) is 0 Å². The third kappa shape index (κ3) is 2.43. The number of hydrogen-bond acceptors (Lipinski definition) is 2. The number of carbonyl (C=O) groups excluding carboxylic acids is 1. The van der Waals surface area contributed by atoms with E-state index in [4.69, 9.17) is 0 Å². The van der Waals surface area contributed by atoms with Crippen LogP contribution in [-0.4, -0.2) is 29.9 Å². The fourth-order valence-electron chi connectivity index (χ4n) is 2.90. The number of nitrogens with zero attached hydrogens (tertiary/aromatic N) is 1. The zero-order valence-electron chi connectivity index (χ0n) is 11.4. The first-order valence-corrected chi connectivity index (χ1v) is 7.09. The first-order valence-electron chi connectivity index (χ1n) is 7.09. The van der Waals surface area contributed by atoms with E-state index < -0.39 is 0 Å². The molecule has 19 heavy (non-hydrogen) atoms. The van der Waals surface area contributed by atoms with Gasteiger partial charge in [-0.2, -0.15) is 0 Å². The first kappa shape index (κ1) is 12.4. The summed E-state index contributed by atoms with van der Waals surface area (Å²) in [5, 5.41) is 3.26. The minimum absolute atomic E-state index is 0.0689. The summed E-state index contributed by atoms with van der Waals surface area (Å²) in [6.45, 7) is 3.72. The van der Waals surface area contributed by atoms with Crippen LogP contribution in [0.3, 0.4) is 0 Å². The van der Waals surface area contributed by atoms with Crippen molar-refractivity contribution < 1.29 is 4.79 Å². The molecule has 1 aliphatic carbocycles. The minimum atomic E-state index is -0.0689. The van der Waals surface area contributed by atoms with Crippen molar-refractivity contribution in [2.24, 2.45) is 0 Å². The van der Waals surface area contributed by atoms with E-state index in [0.717, 1.165) is 32.4 Å². The molecular formula is C16H20N2O. The van der Waals surface area contributed by atoms with E-state index in [1.54, 1.807) is 0 Å². The topological polar surface area (TPSA) is 32.3 Å². The number of amides is 1. The highest BCUT2D eigenvalue weighted by Gasteiger charge is 2.26. The monoisotopic (exact) mass is 256 g/mol. The molecule has 1 amide bonds. The Balaban J connectivity index is 1.90. The molecule has 0 spiro atoms. The first-order chi connectivity index (χ1) is 9.25. The maximum absolute atomic E-state index is 12.4. The number of hydrogen-bond donors (Lipinski definition) is 1. The van der Waals surface area contributed by atoms with Crippen LogP contribution in [0.1, 0.15) is 30.9 Å².